The normalized spacial score (nSPS) is 19.1. The first-order valence-electron chi connectivity index (χ1n) is 3.95. The summed E-state index contributed by atoms with van der Waals surface area (Å²) < 4.78 is 5.30. The van der Waals surface area contributed by atoms with E-state index in [-0.39, 0.29) is 11.8 Å². The highest BCUT2D eigenvalue weighted by Gasteiger charge is 2.33. The molecule has 1 rings (SSSR count). The topological polar surface area (TPSA) is 46.6 Å². The first-order chi connectivity index (χ1) is 5.40. The largest absolute Gasteiger partial charge is 0.311 e. The van der Waals surface area contributed by atoms with Gasteiger partial charge in [-0.3, -0.25) is 9.59 Å². The fourth-order valence-electron chi connectivity index (χ4n) is 0.932. The molecule has 0 aromatic carbocycles. The van der Waals surface area contributed by atoms with Gasteiger partial charge in [-0.15, -0.1) is 0 Å². The Morgan fingerprint density at radius 3 is 1.92 bits per heavy atom. The average molecular weight is 187 g/mol. The molecule has 0 N–H and O–H groups in total. The van der Waals surface area contributed by atoms with E-state index < -0.39 is 8.32 Å². The van der Waals surface area contributed by atoms with Gasteiger partial charge >= 0.3 is 0 Å². The van der Waals surface area contributed by atoms with Gasteiger partial charge in [-0.25, -0.2) is 0 Å². The predicted molar refractivity (Wildman–Crippen MR) is 45.5 cm³/mol. The van der Waals surface area contributed by atoms with Crippen LogP contribution in [0.5, 0.6) is 0 Å². The van der Waals surface area contributed by atoms with Gasteiger partial charge in [0.2, 0.25) is 8.32 Å². The van der Waals surface area contributed by atoms with Crippen molar-refractivity contribution in [1.82, 2.24) is 5.06 Å². The molecule has 0 aromatic heterocycles. The van der Waals surface area contributed by atoms with Crippen LogP contribution in [0.4, 0.5) is 0 Å². The van der Waals surface area contributed by atoms with Gasteiger partial charge in [0, 0.05) is 12.8 Å². The zero-order chi connectivity index (χ0) is 9.35. The standard InChI is InChI=1S/C7H13NO3Si/c1-12(2,3)11-8-6(9)4-5-7(8)10/h4-5H2,1-3H3. The maximum absolute atomic E-state index is 11.1. The Balaban J connectivity index is 2.62. The summed E-state index contributed by atoms with van der Waals surface area (Å²) in [6.45, 7) is 5.81. The van der Waals surface area contributed by atoms with Crippen molar-refractivity contribution in [3.8, 4) is 0 Å². The molecule has 1 fully saturated rings. The highest BCUT2D eigenvalue weighted by molar-refractivity contribution is 6.69. The minimum atomic E-state index is -1.82. The summed E-state index contributed by atoms with van der Waals surface area (Å²) in [4.78, 5) is 22.1. The number of hydrogen-bond acceptors (Lipinski definition) is 3. The number of amides is 2. The zero-order valence-corrected chi connectivity index (χ0v) is 8.59. The van der Waals surface area contributed by atoms with E-state index in [2.05, 4.69) is 0 Å². The van der Waals surface area contributed by atoms with Crippen LogP contribution in [-0.4, -0.2) is 25.2 Å². The third-order valence-electron chi connectivity index (χ3n) is 1.37. The van der Waals surface area contributed by atoms with Crippen LogP contribution < -0.4 is 0 Å². The Labute approximate surface area is 72.6 Å². The maximum atomic E-state index is 11.1. The van der Waals surface area contributed by atoms with Crippen molar-refractivity contribution in [2.45, 2.75) is 32.5 Å². The molecule has 0 spiro atoms. The van der Waals surface area contributed by atoms with E-state index in [9.17, 15) is 9.59 Å². The van der Waals surface area contributed by atoms with Gasteiger partial charge in [-0.05, 0) is 19.6 Å². The molecule has 12 heavy (non-hydrogen) atoms. The molecular formula is C7H13NO3Si. The lowest BCUT2D eigenvalue weighted by molar-refractivity contribution is -0.166. The van der Waals surface area contributed by atoms with E-state index in [1.54, 1.807) is 0 Å². The van der Waals surface area contributed by atoms with Gasteiger partial charge in [0.1, 0.15) is 0 Å². The van der Waals surface area contributed by atoms with E-state index in [1.165, 1.54) is 0 Å². The molecule has 1 aliphatic heterocycles. The van der Waals surface area contributed by atoms with Crippen molar-refractivity contribution in [2.75, 3.05) is 0 Å². The Bertz CT molecular complexity index is 205. The molecule has 68 valence electrons. The fraction of sp³-hybridized carbons (Fsp3) is 0.714. The number of carbonyl (C=O) groups is 2. The van der Waals surface area contributed by atoms with Gasteiger partial charge in [-0.1, -0.05) is 0 Å². The lowest BCUT2D eigenvalue weighted by Crippen LogP contribution is -2.40. The third kappa shape index (κ3) is 2.15. The van der Waals surface area contributed by atoms with Crippen LogP contribution in [0.15, 0.2) is 0 Å². The number of nitrogens with zero attached hydrogens (tertiary/aromatic N) is 1. The summed E-state index contributed by atoms with van der Waals surface area (Å²) in [5, 5.41) is 0.937. The molecule has 0 atom stereocenters. The van der Waals surface area contributed by atoms with Crippen LogP contribution in [0.25, 0.3) is 0 Å². The van der Waals surface area contributed by atoms with Gasteiger partial charge in [0.25, 0.3) is 11.8 Å². The average Bonchev–Trinajstić information content (AvgIpc) is 2.16. The van der Waals surface area contributed by atoms with Gasteiger partial charge < -0.3 is 4.53 Å². The van der Waals surface area contributed by atoms with Crippen LogP contribution in [0, 0.1) is 0 Å². The molecule has 0 aliphatic carbocycles. The minimum Gasteiger partial charge on any atom is -0.311 e. The lowest BCUT2D eigenvalue weighted by Gasteiger charge is -2.22. The number of hydroxylamine groups is 2. The molecule has 1 saturated heterocycles. The van der Waals surface area contributed by atoms with Crippen molar-refractivity contribution in [3.05, 3.63) is 0 Å². The summed E-state index contributed by atoms with van der Waals surface area (Å²) in [6, 6.07) is 0. The molecule has 0 saturated carbocycles. The molecule has 4 nitrogen and oxygen atoms in total. The number of carbonyl (C=O) groups excluding carboxylic acids is 2. The summed E-state index contributed by atoms with van der Waals surface area (Å²) >= 11 is 0. The second-order valence-electron chi connectivity index (χ2n) is 3.79. The Hall–Kier alpha value is -0.683. The fourth-order valence-corrected chi connectivity index (χ4v) is 1.68. The summed E-state index contributed by atoms with van der Waals surface area (Å²) in [5.41, 5.74) is 0. The van der Waals surface area contributed by atoms with Crippen molar-refractivity contribution in [3.63, 3.8) is 0 Å². The van der Waals surface area contributed by atoms with Crippen LogP contribution in [-0.2, 0) is 14.1 Å². The number of hydrogen-bond donors (Lipinski definition) is 0. The van der Waals surface area contributed by atoms with Crippen LogP contribution >= 0.6 is 0 Å². The molecule has 1 heterocycles. The van der Waals surface area contributed by atoms with Crippen molar-refractivity contribution in [2.24, 2.45) is 0 Å². The van der Waals surface area contributed by atoms with Gasteiger partial charge in [0.15, 0.2) is 0 Å². The smallest absolute Gasteiger partial charge is 0.253 e. The van der Waals surface area contributed by atoms with Crippen molar-refractivity contribution >= 4 is 20.1 Å². The first-order valence-corrected chi connectivity index (χ1v) is 7.36. The highest BCUT2D eigenvalue weighted by atomic mass is 28.4. The van der Waals surface area contributed by atoms with Crippen molar-refractivity contribution in [1.29, 1.82) is 0 Å². The summed E-state index contributed by atoms with van der Waals surface area (Å²) in [5.74, 6) is -0.412. The molecule has 5 heteroatoms. The SMILES string of the molecule is C[Si](C)(C)ON1C(=O)CCC1=O. The summed E-state index contributed by atoms with van der Waals surface area (Å²) in [7, 11) is -1.82. The van der Waals surface area contributed by atoms with E-state index in [4.69, 9.17) is 4.53 Å². The minimum absolute atomic E-state index is 0.206. The second-order valence-corrected chi connectivity index (χ2v) is 8.19. The third-order valence-corrected chi connectivity index (χ3v) is 2.10. The van der Waals surface area contributed by atoms with E-state index in [1.807, 2.05) is 19.6 Å². The maximum Gasteiger partial charge on any atom is 0.253 e. The second kappa shape index (κ2) is 2.99. The molecule has 1 aliphatic rings. The molecule has 0 unspecified atom stereocenters. The monoisotopic (exact) mass is 187 g/mol. The summed E-state index contributed by atoms with van der Waals surface area (Å²) in [6.07, 6.45) is 0.590. The van der Waals surface area contributed by atoms with Gasteiger partial charge in [0.05, 0.1) is 0 Å². The van der Waals surface area contributed by atoms with Crippen LogP contribution in [0.1, 0.15) is 12.8 Å². The highest BCUT2D eigenvalue weighted by Crippen LogP contribution is 2.16. The Morgan fingerprint density at radius 1 is 1.17 bits per heavy atom. The predicted octanol–water partition coefficient (Wildman–Crippen LogP) is 0.902. The van der Waals surface area contributed by atoms with Gasteiger partial charge in [-0.2, -0.15) is 5.06 Å². The Morgan fingerprint density at radius 2 is 1.58 bits per heavy atom. The molecule has 2 amide bonds. The number of rotatable bonds is 2. The number of imide groups is 1. The first kappa shape index (κ1) is 9.41. The lowest BCUT2D eigenvalue weighted by atomic mass is 10.4. The Kier molecular flexibility index (Phi) is 2.34. The zero-order valence-electron chi connectivity index (χ0n) is 7.59. The van der Waals surface area contributed by atoms with E-state index in [0.717, 1.165) is 5.06 Å². The van der Waals surface area contributed by atoms with Crippen LogP contribution in [0.3, 0.4) is 0 Å². The molecule has 0 bridgehead atoms. The van der Waals surface area contributed by atoms with Crippen molar-refractivity contribution < 1.29 is 14.1 Å². The quantitative estimate of drug-likeness (QED) is 0.476. The van der Waals surface area contributed by atoms with E-state index >= 15 is 0 Å². The molecule has 0 aromatic rings. The van der Waals surface area contributed by atoms with E-state index in [0.29, 0.717) is 12.8 Å². The van der Waals surface area contributed by atoms with Crippen LogP contribution in [0.2, 0.25) is 19.6 Å². The molecular weight excluding hydrogens is 174 g/mol. The molecule has 0 radical (unpaired) electrons.